The first kappa shape index (κ1) is 14.4. The number of rotatable bonds is 5. The molecular formula is C17H18BrNO2. The van der Waals surface area contributed by atoms with E-state index in [4.69, 9.17) is 15.2 Å². The van der Waals surface area contributed by atoms with Crippen LogP contribution < -0.4 is 15.2 Å². The number of ether oxygens (including phenoxy) is 2. The summed E-state index contributed by atoms with van der Waals surface area (Å²) in [7, 11) is 0. The number of hydrogen-bond acceptors (Lipinski definition) is 3. The van der Waals surface area contributed by atoms with Gasteiger partial charge in [-0.05, 0) is 52.7 Å². The second-order valence-electron chi connectivity index (χ2n) is 5.16. The highest BCUT2D eigenvalue weighted by molar-refractivity contribution is 9.10. The first-order valence-electron chi connectivity index (χ1n) is 7.11. The molecule has 0 fully saturated rings. The molecule has 1 aliphatic rings. The molecule has 2 aromatic rings. The van der Waals surface area contributed by atoms with Crippen LogP contribution in [0.15, 0.2) is 46.9 Å². The largest absolute Gasteiger partial charge is 0.493 e. The predicted molar refractivity (Wildman–Crippen MR) is 87.1 cm³/mol. The van der Waals surface area contributed by atoms with Crippen LogP contribution in [0.25, 0.3) is 0 Å². The Labute approximate surface area is 133 Å². The minimum atomic E-state index is 0.289. The first-order chi connectivity index (χ1) is 10.3. The van der Waals surface area contributed by atoms with Gasteiger partial charge in [-0.3, -0.25) is 0 Å². The Bertz CT molecular complexity index is 630. The summed E-state index contributed by atoms with van der Waals surface area (Å²) in [6.07, 6.45) is 0.878. The lowest BCUT2D eigenvalue weighted by Crippen LogP contribution is -2.12. The molecule has 110 valence electrons. The SMILES string of the molecule is NCCc1ccc(OCC2COc3ccccc32)c(Br)c1. The second-order valence-corrected chi connectivity index (χ2v) is 6.01. The van der Waals surface area contributed by atoms with Crippen LogP contribution in [0.5, 0.6) is 11.5 Å². The van der Waals surface area contributed by atoms with Crippen LogP contribution >= 0.6 is 15.9 Å². The maximum absolute atomic E-state index is 5.95. The van der Waals surface area contributed by atoms with Gasteiger partial charge in [-0.15, -0.1) is 0 Å². The Morgan fingerprint density at radius 3 is 2.90 bits per heavy atom. The van der Waals surface area contributed by atoms with Crippen molar-refractivity contribution in [3.63, 3.8) is 0 Å². The summed E-state index contributed by atoms with van der Waals surface area (Å²) < 4.78 is 12.6. The number of para-hydroxylation sites is 1. The molecule has 1 atom stereocenters. The zero-order chi connectivity index (χ0) is 14.7. The highest BCUT2D eigenvalue weighted by atomic mass is 79.9. The number of fused-ring (bicyclic) bond motifs is 1. The Balaban J connectivity index is 1.66. The third-order valence-corrected chi connectivity index (χ3v) is 4.29. The number of nitrogens with two attached hydrogens (primary N) is 1. The van der Waals surface area contributed by atoms with Crippen LogP contribution in [0.1, 0.15) is 17.0 Å². The summed E-state index contributed by atoms with van der Waals surface area (Å²) in [6.45, 7) is 1.96. The molecule has 4 heteroatoms. The molecule has 1 aliphatic heterocycles. The lowest BCUT2D eigenvalue weighted by molar-refractivity contribution is 0.247. The van der Waals surface area contributed by atoms with Crippen LogP contribution in [0, 0.1) is 0 Å². The highest BCUT2D eigenvalue weighted by Gasteiger charge is 2.24. The fourth-order valence-electron chi connectivity index (χ4n) is 2.54. The molecular weight excluding hydrogens is 330 g/mol. The minimum Gasteiger partial charge on any atom is -0.493 e. The van der Waals surface area contributed by atoms with Gasteiger partial charge in [0, 0.05) is 5.56 Å². The zero-order valence-corrected chi connectivity index (χ0v) is 13.3. The molecule has 0 amide bonds. The van der Waals surface area contributed by atoms with E-state index >= 15 is 0 Å². The monoisotopic (exact) mass is 347 g/mol. The van der Waals surface area contributed by atoms with Crippen LogP contribution in [-0.4, -0.2) is 19.8 Å². The van der Waals surface area contributed by atoms with Crippen molar-refractivity contribution in [3.05, 3.63) is 58.1 Å². The van der Waals surface area contributed by atoms with Crippen LogP contribution in [0.2, 0.25) is 0 Å². The maximum Gasteiger partial charge on any atom is 0.133 e. The summed E-state index contributed by atoms with van der Waals surface area (Å²) in [5.41, 5.74) is 8.02. The van der Waals surface area contributed by atoms with Gasteiger partial charge in [-0.2, -0.15) is 0 Å². The van der Waals surface area contributed by atoms with E-state index in [-0.39, 0.29) is 5.92 Å². The van der Waals surface area contributed by atoms with Crippen molar-refractivity contribution in [1.29, 1.82) is 0 Å². The maximum atomic E-state index is 5.95. The van der Waals surface area contributed by atoms with Crippen LogP contribution in [0.3, 0.4) is 0 Å². The molecule has 0 bridgehead atoms. The van der Waals surface area contributed by atoms with Gasteiger partial charge in [0.05, 0.1) is 23.6 Å². The van der Waals surface area contributed by atoms with Gasteiger partial charge in [0.15, 0.2) is 0 Å². The summed E-state index contributed by atoms with van der Waals surface area (Å²) in [4.78, 5) is 0. The molecule has 2 N–H and O–H groups in total. The third kappa shape index (κ3) is 3.22. The molecule has 2 aromatic carbocycles. The molecule has 1 unspecified atom stereocenters. The van der Waals surface area contributed by atoms with Crippen molar-refractivity contribution in [2.75, 3.05) is 19.8 Å². The van der Waals surface area contributed by atoms with E-state index in [2.05, 4.69) is 34.1 Å². The molecule has 0 saturated heterocycles. The molecule has 0 saturated carbocycles. The van der Waals surface area contributed by atoms with Crippen molar-refractivity contribution >= 4 is 15.9 Å². The van der Waals surface area contributed by atoms with E-state index in [1.807, 2.05) is 24.3 Å². The molecule has 3 nitrogen and oxygen atoms in total. The summed E-state index contributed by atoms with van der Waals surface area (Å²) >= 11 is 3.56. The Hall–Kier alpha value is -1.52. The van der Waals surface area contributed by atoms with Crippen molar-refractivity contribution < 1.29 is 9.47 Å². The van der Waals surface area contributed by atoms with Gasteiger partial charge in [-0.25, -0.2) is 0 Å². The van der Waals surface area contributed by atoms with Gasteiger partial charge in [0.25, 0.3) is 0 Å². The van der Waals surface area contributed by atoms with Crippen molar-refractivity contribution in [2.24, 2.45) is 5.73 Å². The van der Waals surface area contributed by atoms with Crippen molar-refractivity contribution in [2.45, 2.75) is 12.3 Å². The Morgan fingerprint density at radius 2 is 2.10 bits per heavy atom. The average Bonchev–Trinajstić information content (AvgIpc) is 2.90. The number of benzene rings is 2. The van der Waals surface area contributed by atoms with Gasteiger partial charge in [-0.1, -0.05) is 24.3 Å². The summed E-state index contributed by atoms with van der Waals surface area (Å²) in [6, 6.07) is 14.3. The van der Waals surface area contributed by atoms with Gasteiger partial charge in [0.2, 0.25) is 0 Å². The fourth-order valence-corrected chi connectivity index (χ4v) is 3.08. The van der Waals surface area contributed by atoms with Crippen LogP contribution in [-0.2, 0) is 6.42 Å². The van der Waals surface area contributed by atoms with E-state index in [0.717, 1.165) is 22.4 Å². The van der Waals surface area contributed by atoms with E-state index in [0.29, 0.717) is 19.8 Å². The summed E-state index contributed by atoms with van der Waals surface area (Å²) in [5.74, 6) is 2.13. The Morgan fingerprint density at radius 1 is 1.24 bits per heavy atom. The minimum absolute atomic E-state index is 0.289. The normalized spacial score (nSPS) is 16.4. The molecule has 0 aliphatic carbocycles. The lowest BCUT2D eigenvalue weighted by atomic mass is 10.0. The van der Waals surface area contributed by atoms with E-state index in [1.165, 1.54) is 11.1 Å². The molecule has 1 heterocycles. The van der Waals surface area contributed by atoms with Gasteiger partial charge in [0.1, 0.15) is 11.5 Å². The van der Waals surface area contributed by atoms with Crippen molar-refractivity contribution in [1.82, 2.24) is 0 Å². The van der Waals surface area contributed by atoms with Gasteiger partial charge < -0.3 is 15.2 Å². The fraction of sp³-hybridized carbons (Fsp3) is 0.294. The molecule has 0 radical (unpaired) electrons. The van der Waals surface area contributed by atoms with E-state index in [9.17, 15) is 0 Å². The third-order valence-electron chi connectivity index (χ3n) is 3.67. The van der Waals surface area contributed by atoms with Crippen molar-refractivity contribution in [3.8, 4) is 11.5 Å². The average molecular weight is 348 g/mol. The lowest BCUT2D eigenvalue weighted by Gasteiger charge is -2.13. The zero-order valence-electron chi connectivity index (χ0n) is 11.7. The standard InChI is InChI=1S/C17H18BrNO2/c18-15-9-12(7-8-19)5-6-17(15)21-11-13-10-20-16-4-2-1-3-14(13)16/h1-6,9,13H,7-8,10-11,19H2. The second kappa shape index (κ2) is 6.50. The van der Waals surface area contributed by atoms with Crippen LogP contribution in [0.4, 0.5) is 0 Å². The predicted octanol–water partition coefficient (Wildman–Crippen LogP) is 3.51. The molecule has 21 heavy (non-hydrogen) atoms. The van der Waals surface area contributed by atoms with E-state index < -0.39 is 0 Å². The quantitative estimate of drug-likeness (QED) is 0.899. The number of hydrogen-bond donors (Lipinski definition) is 1. The number of halogens is 1. The topological polar surface area (TPSA) is 44.5 Å². The molecule has 3 rings (SSSR count). The molecule has 0 aromatic heterocycles. The van der Waals surface area contributed by atoms with Gasteiger partial charge >= 0.3 is 0 Å². The summed E-state index contributed by atoms with van der Waals surface area (Å²) in [5, 5.41) is 0. The Kier molecular flexibility index (Phi) is 4.46. The smallest absolute Gasteiger partial charge is 0.133 e. The first-order valence-corrected chi connectivity index (χ1v) is 7.90. The van der Waals surface area contributed by atoms with E-state index in [1.54, 1.807) is 0 Å². The molecule has 0 spiro atoms. The highest BCUT2D eigenvalue weighted by Crippen LogP contribution is 2.34.